The van der Waals surface area contributed by atoms with Gasteiger partial charge in [-0.2, -0.15) is 4.98 Å². The van der Waals surface area contributed by atoms with Gasteiger partial charge in [0.1, 0.15) is 17.5 Å². The van der Waals surface area contributed by atoms with Gasteiger partial charge in [-0.1, -0.05) is 22.0 Å². The first-order chi connectivity index (χ1) is 13.5. The number of hydrogen-bond acceptors (Lipinski definition) is 7. The van der Waals surface area contributed by atoms with Crippen LogP contribution in [0.1, 0.15) is 12.8 Å². The van der Waals surface area contributed by atoms with Crippen LogP contribution in [0.3, 0.4) is 0 Å². The highest BCUT2D eigenvalue weighted by Crippen LogP contribution is 2.36. The second-order valence-electron chi connectivity index (χ2n) is 7.11. The molecule has 0 spiro atoms. The van der Waals surface area contributed by atoms with Crippen LogP contribution >= 0.6 is 15.9 Å². The number of halogens is 1. The first kappa shape index (κ1) is 18.9. The zero-order chi connectivity index (χ0) is 19.7. The number of pyridine rings is 1. The molecule has 0 amide bonds. The lowest BCUT2D eigenvalue weighted by Crippen LogP contribution is -2.42. The fourth-order valence-electron chi connectivity index (χ4n) is 3.59. The van der Waals surface area contributed by atoms with Gasteiger partial charge in [0.05, 0.1) is 0 Å². The Hall–Kier alpha value is -2.45. The van der Waals surface area contributed by atoms with Crippen molar-refractivity contribution < 1.29 is 4.74 Å². The van der Waals surface area contributed by atoms with E-state index in [2.05, 4.69) is 47.7 Å². The molecule has 0 unspecified atom stereocenters. The molecule has 0 saturated carbocycles. The number of anilines is 2. The Labute approximate surface area is 172 Å². The third-order valence-electron chi connectivity index (χ3n) is 5.28. The maximum absolute atomic E-state index is 6.41. The molecule has 1 aliphatic heterocycles. The van der Waals surface area contributed by atoms with Crippen molar-refractivity contribution in [3.63, 3.8) is 0 Å². The summed E-state index contributed by atoms with van der Waals surface area (Å²) >= 11 is 3.55. The monoisotopic (exact) mass is 442 g/mol. The molecule has 0 bridgehead atoms. The fourth-order valence-corrected chi connectivity index (χ4v) is 4.04. The van der Waals surface area contributed by atoms with Crippen molar-refractivity contribution in [1.29, 1.82) is 0 Å². The number of benzene rings is 1. The van der Waals surface area contributed by atoms with E-state index < -0.39 is 0 Å². The number of fused-ring (bicyclic) bond motifs is 1. The Balaban J connectivity index is 1.64. The van der Waals surface area contributed by atoms with Gasteiger partial charge in [0.2, 0.25) is 5.88 Å². The minimum atomic E-state index is 0.346. The highest BCUT2D eigenvalue weighted by atomic mass is 79.9. The molecule has 1 aromatic carbocycles. The molecule has 4 rings (SSSR count). The molecule has 1 aliphatic rings. The van der Waals surface area contributed by atoms with Crippen LogP contribution in [0.15, 0.2) is 41.3 Å². The fraction of sp³-hybridized carbons (Fsp3) is 0.350. The van der Waals surface area contributed by atoms with Gasteiger partial charge in [0, 0.05) is 29.1 Å². The average Bonchev–Trinajstić information content (AvgIpc) is 2.72. The Morgan fingerprint density at radius 3 is 2.75 bits per heavy atom. The summed E-state index contributed by atoms with van der Waals surface area (Å²) in [5.74, 6) is 1.66. The van der Waals surface area contributed by atoms with Crippen molar-refractivity contribution in [1.82, 2.24) is 19.9 Å². The molecule has 0 atom stereocenters. The maximum Gasteiger partial charge on any atom is 0.248 e. The van der Waals surface area contributed by atoms with Crippen LogP contribution in [0, 0.1) is 0 Å². The van der Waals surface area contributed by atoms with Crippen LogP contribution in [0.2, 0.25) is 0 Å². The second-order valence-corrected chi connectivity index (χ2v) is 7.96. The van der Waals surface area contributed by atoms with E-state index in [1.165, 1.54) is 6.33 Å². The third kappa shape index (κ3) is 3.62. The van der Waals surface area contributed by atoms with Crippen LogP contribution < -0.4 is 15.4 Å². The highest BCUT2D eigenvalue weighted by molar-refractivity contribution is 9.10. The zero-order valence-corrected chi connectivity index (χ0v) is 17.6. The Kier molecular flexibility index (Phi) is 5.32. The first-order valence-electron chi connectivity index (χ1n) is 9.27. The number of nitrogen functional groups attached to an aromatic ring is 1. The molecule has 2 N–H and O–H groups in total. The minimum Gasteiger partial charge on any atom is -0.435 e. The van der Waals surface area contributed by atoms with Gasteiger partial charge in [0.25, 0.3) is 0 Å². The number of rotatable bonds is 4. The van der Waals surface area contributed by atoms with E-state index in [1.54, 1.807) is 6.20 Å². The number of piperidine rings is 1. The molecule has 0 radical (unpaired) electrons. The van der Waals surface area contributed by atoms with Crippen molar-refractivity contribution in [2.24, 2.45) is 0 Å². The Morgan fingerprint density at radius 2 is 1.96 bits per heavy atom. The molecule has 1 saturated heterocycles. The first-order valence-corrected chi connectivity index (χ1v) is 10.1. The molecule has 28 heavy (non-hydrogen) atoms. The Morgan fingerprint density at radius 1 is 1.18 bits per heavy atom. The summed E-state index contributed by atoms with van der Waals surface area (Å²) in [5, 5.41) is 0.969. The predicted molar refractivity (Wildman–Crippen MR) is 115 cm³/mol. The van der Waals surface area contributed by atoms with E-state index in [9.17, 15) is 0 Å². The average molecular weight is 443 g/mol. The lowest BCUT2D eigenvalue weighted by atomic mass is 10.0. The lowest BCUT2D eigenvalue weighted by molar-refractivity contribution is 0.252. The number of hydrogen-bond donors (Lipinski definition) is 1. The molecule has 1 fully saturated rings. The largest absolute Gasteiger partial charge is 0.435 e. The van der Waals surface area contributed by atoms with E-state index in [-0.39, 0.29) is 0 Å². The van der Waals surface area contributed by atoms with Crippen LogP contribution in [0.25, 0.3) is 10.9 Å². The molecular formula is C20H23BrN6O. The standard InChI is InChI=1S/C20H23BrN6O/c1-26-10-7-13(8-11-26)27(2)19-17(22)20(25-12-24-19)28-16-6-5-15(21)14-4-3-9-23-18(14)16/h3-6,9,12-13H,7-8,10-11,22H2,1-2H3. The molecular weight excluding hydrogens is 420 g/mol. The van der Waals surface area contributed by atoms with Gasteiger partial charge in [-0.15, -0.1) is 0 Å². The van der Waals surface area contributed by atoms with Crippen LogP contribution in [0.4, 0.5) is 11.5 Å². The summed E-state index contributed by atoms with van der Waals surface area (Å²) < 4.78 is 7.04. The topological polar surface area (TPSA) is 80.4 Å². The summed E-state index contributed by atoms with van der Waals surface area (Å²) in [5.41, 5.74) is 7.60. The Bertz CT molecular complexity index is 990. The number of likely N-dealkylation sites (tertiary alicyclic amines) is 1. The van der Waals surface area contributed by atoms with Gasteiger partial charge in [-0.05, 0) is 51.2 Å². The van der Waals surface area contributed by atoms with Crippen molar-refractivity contribution in [2.45, 2.75) is 18.9 Å². The van der Waals surface area contributed by atoms with Crippen LogP contribution in [-0.4, -0.2) is 53.1 Å². The molecule has 2 aromatic heterocycles. The highest BCUT2D eigenvalue weighted by Gasteiger charge is 2.24. The van der Waals surface area contributed by atoms with Crippen molar-refractivity contribution >= 4 is 38.3 Å². The van der Waals surface area contributed by atoms with Gasteiger partial charge in [-0.3, -0.25) is 4.98 Å². The molecule has 7 nitrogen and oxygen atoms in total. The summed E-state index contributed by atoms with van der Waals surface area (Å²) in [7, 11) is 4.19. The van der Waals surface area contributed by atoms with Crippen LogP contribution in [-0.2, 0) is 0 Å². The van der Waals surface area contributed by atoms with Gasteiger partial charge in [0.15, 0.2) is 11.6 Å². The maximum atomic E-state index is 6.41. The second kappa shape index (κ2) is 7.89. The SMILES string of the molecule is CN1CCC(N(C)c2ncnc(Oc3ccc(Br)c4cccnc34)c2N)CC1. The van der Waals surface area contributed by atoms with Gasteiger partial charge in [-0.25, -0.2) is 4.98 Å². The van der Waals surface area contributed by atoms with E-state index in [1.807, 2.05) is 31.3 Å². The minimum absolute atomic E-state index is 0.346. The number of nitrogens with two attached hydrogens (primary N) is 1. The summed E-state index contributed by atoms with van der Waals surface area (Å²) in [4.78, 5) is 17.6. The molecule has 146 valence electrons. The van der Waals surface area contributed by atoms with E-state index >= 15 is 0 Å². The van der Waals surface area contributed by atoms with E-state index in [4.69, 9.17) is 10.5 Å². The predicted octanol–water partition coefficient (Wildman–Crippen LogP) is 3.69. The normalized spacial score (nSPS) is 15.7. The van der Waals surface area contributed by atoms with Gasteiger partial charge >= 0.3 is 0 Å². The van der Waals surface area contributed by atoms with E-state index in [0.29, 0.717) is 29.2 Å². The lowest BCUT2D eigenvalue weighted by Gasteiger charge is -2.36. The molecule has 3 aromatic rings. The third-order valence-corrected chi connectivity index (χ3v) is 5.97. The molecule has 3 heterocycles. The number of nitrogens with zero attached hydrogens (tertiary/aromatic N) is 5. The quantitative estimate of drug-likeness (QED) is 0.659. The zero-order valence-electron chi connectivity index (χ0n) is 16.0. The van der Waals surface area contributed by atoms with Crippen molar-refractivity contribution in [3.05, 3.63) is 41.3 Å². The van der Waals surface area contributed by atoms with Crippen molar-refractivity contribution in [2.75, 3.05) is 37.8 Å². The smallest absolute Gasteiger partial charge is 0.248 e. The van der Waals surface area contributed by atoms with E-state index in [0.717, 1.165) is 41.3 Å². The van der Waals surface area contributed by atoms with Crippen LogP contribution in [0.5, 0.6) is 11.6 Å². The number of aromatic nitrogens is 3. The van der Waals surface area contributed by atoms with Gasteiger partial charge < -0.3 is 20.3 Å². The number of ether oxygens (including phenoxy) is 1. The molecule has 8 heteroatoms. The molecule has 0 aliphatic carbocycles. The van der Waals surface area contributed by atoms with Crippen molar-refractivity contribution in [3.8, 4) is 11.6 Å². The summed E-state index contributed by atoms with van der Waals surface area (Å²) in [6, 6.07) is 8.08. The summed E-state index contributed by atoms with van der Waals surface area (Å²) in [6.45, 7) is 2.14. The summed E-state index contributed by atoms with van der Waals surface area (Å²) in [6.07, 6.45) is 5.40.